The molecule has 1 aliphatic heterocycles. The number of rotatable bonds is 8. The molecule has 6 heteroatoms. The number of hydrogen-bond acceptors (Lipinski definition) is 5. The lowest BCUT2D eigenvalue weighted by atomic mass is 9.99. The highest BCUT2D eigenvalue weighted by Crippen LogP contribution is 2.17. The molecular weight excluding hydrogens is 366 g/mol. The number of aromatic nitrogens is 1. The van der Waals surface area contributed by atoms with Crippen LogP contribution in [0.2, 0.25) is 0 Å². The maximum Gasteiger partial charge on any atom is 0.225 e. The first-order chi connectivity index (χ1) is 14.0. The predicted octanol–water partition coefficient (Wildman–Crippen LogP) is 3.72. The summed E-state index contributed by atoms with van der Waals surface area (Å²) in [5.74, 6) is 0.850. The van der Waals surface area contributed by atoms with Crippen molar-refractivity contribution in [3.63, 3.8) is 0 Å². The molecule has 6 nitrogen and oxygen atoms in total. The van der Waals surface area contributed by atoms with Gasteiger partial charge < -0.3 is 15.0 Å². The van der Waals surface area contributed by atoms with Gasteiger partial charge in [0.2, 0.25) is 5.91 Å². The molecule has 1 fully saturated rings. The first-order valence-corrected chi connectivity index (χ1v) is 10.2. The molecule has 154 valence electrons. The fourth-order valence-electron chi connectivity index (χ4n) is 3.34. The summed E-state index contributed by atoms with van der Waals surface area (Å²) in [4.78, 5) is 31.0. The Hall–Kier alpha value is -2.73. The van der Waals surface area contributed by atoms with E-state index in [2.05, 4.69) is 29.0 Å². The second-order valence-electron chi connectivity index (χ2n) is 7.77. The second-order valence-corrected chi connectivity index (χ2v) is 7.77. The SMILES string of the molecule is CC(C)Cc1ccc(C(=O)CCC(=O)Nc2ccc(N3CCOCC3)cn2)cc1. The van der Waals surface area contributed by atoms with Crippen LogP contribution in [0, 0.1) is 5.92 Å². The molecule has 0 aliphatic carbocycles. The van der Waals surface area contributed by atoms with Gasteiger partial charge in [0.05, 0.1) is 25.1 Å². The third-order valence-electron chi connectivity index (χ3n) is 4.89. The highest BCUT2D eigenvalue weighted by atomic mass is 16.5. The highest BCUT2D eigenvalue weighted by Gasteiger charge is 2.13. The van der Waals surface area contributed by atoms with E-state index >= 15 is 0 Å². The number of ketones is 1. The Bertz CT molecular complexity index is 810. The summed E-state index contributed by atoms with van der Waals surface area (Å²) >= 11 is 0. The monoisotopic (exact) mass is 395 g/mol. The second kappa shape index (κ2) is 10.2. The van der Waals surface area contributed by atoms with Gasteiger partial charge in [-0.2, -0.15) is 0 Å². The van der Waals surface area contributed by atoms with Crippen LogP contribution < -0.4 is 10.2 Å². The summed E-state index contributed by atoms with van der Waals surface area (Å²) in [6, 6.07) is 11.4. The Morgan fingerprint density at radius 3 is 2.41 bits per heavy atom. The van der Waals surface area contributed by atoms with Crippen molar-refractivity contribution < 1.29 is 14.3 Å². The van der Waals surface area contributed by atoms with Gasteiger partial charge in [-0.1, -0.05) is 38.1 Å². The molecule has 0 saturated carbocycles. The first-order valence-electron chi connectivity index (χ1n) is 10.2. The average molecular weight is 396 g/mol. The van der Waals surface area contributed by atoms with Crippen molar-refractivity contribution in [3.05, 3.63) is 53.7 Å². The summed E-state index contributed by atoms with van der Waals surface area (Å²) in [7, 11) is 0. The molecule has 1 aromatic carbocycles. The molecule has 1 aliphatic rings. The van der Waals surface area contributed by atoms with Crippen molar-refractivity contribution >= 4 is 23.2 Å². The van der Waals surface area contributed by atoms with Gasteiger partial charge in [0.25, 0.3) is 0 Å². The molecule has 3 rings (SSSR count). The minimum atomic E-state index is -0.207. The molecule has 29 heavy (non-hydrogen) atoms. The van der Waals surface area contributed by atoms with E-state index in [1.807, 2.05) is 30.3 Å². The molecule has 0 unspecified atom stereocenters. The normalized spacial score (nSPS) is 14.1. The van der Waals surface area contributed by atoms with E-state index in [1.165, 1.54) is 5.56 Å². The summed E-state index contributed by atoms with van der Waals surface area (Å²) < 4.78 is 5.35. The van der Waals surface area contributed by atoms with Gasteiger partial charge in [0.1, 0.15) is 5.82 Å². The van der Waals surface area contributed by atoms with E-state index in [4.69, 9.17) is 4.74 Å². The number of morpholine rings is 1. The van der Waals surface area contributed by atoms with Crippen molar-refractivity contribution in [2.45, 2.75) is 33.1 Å². The lowest BCUT2D eigenvalue weighted by Gasteiger charge is -2.28. The number of ether oxygens (including phenoxy) is 1. The number of benzene rings is 1. The predicted molar refractivity (Wildman–Crippen MR) is 114 cm³/mol. The Morgan fingerprint density at radius 2 is 1.79 bits per heavy atom. The number of nitrogens with one attached hydrogen (secondary N) is 1. The number of nitrogens with zero attached hydrogens (tertiary/aromatic N) is 2. The van der Waals surface area contributed by atoms with Crippen molar-refractivity contribution in [2.24, 2.45) is 5.92 Å². The first kappa shape index (κ1) is 21.0. The third kappa shape index (κ3) is 6.39. The van der Waals surface area contributed by atoms with Crippen LogP contribution in [0.4, 0.5) is 11.5 Å². The fourth-order valence-corrected chi connectivity index (χ4v) is 3.34. The number of carbonyl (C=O) groups is 2. The van der Waals surface area contributed by atoms with E-state index in [-0.39, 0.29) is 24.5 Å². The average Bonchev–Trinajstić information content (AvgIpc) is 2.73. The summed E-state index contributed by atoms with van der Waals surface area (Å²) in [6.45, 7) is 7.45. The van der Waals surface area contributed by atoms with E-state index in [0.717, 1.165) is 25.2 Å². The summed E-state index contributed by atoms with van der Waals surface area (Å²) in [5, 5.41) is 2.76. The zero-order valence-electron chi connectivity index (χ0n) is 17.2. The van der Waals surface area contributed by atoms with Crippen LogP contribution in [0.15, 0.2) is 42.6 Å². The van der Waals surface area contributed by atoms with Gasteiger partial charge in [0.15, 0.2) is 5.78 Å². The van der Waals surface area contributed by atoms with Crippen molar-refractivity contribution in [1.82, 2.24) is 4.98 Å². The van der Waals surface area contributed by atoms with Crippen molar-refractivity contribution in [3.8, 4) is 0 Å². The molecule has 2 aromatic rings. The summed E-state index contributed by atoms with van der Waals surface area (Å²) in [6.07, 6.45) is 3.07. The van der Waals surface area contributed by atoms with Crippen LogP contribution >= 0.6 is 0 Å². The Kier molecular flexibility index (Phi) is 7.36. The third-order valence-corrected chi connectivity index (χ3v) is 4.89. The molecular formula is C23H29N3O3. The number of amides is 1. The van der Waals surface area contributed by atoms with Gasteiger partial charge in [0, 0.05) is 31.5 Å². The van der Waals surface area contributed by atoms with Crippen LogP contribution in [-0.4, -0.2) is 43.0 Å². The van der Waals surface area contributed by atoms with Gasteiger partial charge in [-0.05, 0) is 30.0 Å². The van der Waals surface area contributed by atoms with Crippen LogP contribution in [0.3, 0.4) is 0 Å². The van der Waals surface area contributed by atoms with Gasteiger partial charge >= 0.3 is 0 Å². The molecule has 2 heterocycles. The van der Waals surface area contributed by atoms with Crippen LogP contribution in [0.25, 0.3) is 0 Å². The number of anilines is 2. The molecule has 0 atom stereocenters. The summed E-state index contributed by atoms with van der Waals surface area (Å²) in [5.41, 5.74) is 2.89. The maximum absolute atomic E-state index is 12.3. The quantitative estimate of drug-likeness (QED) is 0.690. The molecule has 1 aromatic heterocycles. The Balaban J connectivity index is 1.46. The number of carbonyl (C=O) groups excluding carboxylic acids is 2. The highest BCUT2D eigenvalue weighted by molar-refractivity contribution is 5.99. The maximum atomic E-state index is 12.3. The molecule has 1 saturated heterocycles. The van der Waals surface area contributed by atoms with Crippen LogP contribution in [-0.2, 0) is 16.0 Å². The van der Waals surface area contributed by atoms with E-state index in [9.17, 15) is 9.59 Å². The minimum Gasteiger partial charge on any atom is -0.378 e. The van der Waals surface area contributed by atoms with Gasteiger partial charge in [-0.15, -0.1) is 0 Å². The minimum absolute atomic E-state index is 0.0214. The molecule has 0 bridgehead atoms. The zero-order chi connectivity index (χ0) is 20.6. The lowest BCUT2D eigenvalue weighted by Crippen LogP contribution is -2.36. The fraction of sp³-hybridized carbons (Fsp3) is 0.435. The smallest absolute Gasteiger partial charge is 0.225 e. The molecule has 0 spiro atoms. The van der Waals surface area contributed by atoms with E-state index in [0.29, 0.717) is 30.5 Å². The topological polar surface area (TPSA) is 71.5 Å². The van der Waals surface area contributed by atoms with Crippen LogP contribution in [0.5, 0.6) is 0 Å². The van der Waals surface area contributed by atoms with Crippen molar-refractivity contribution in [2.75, 3.05) is 36.5 Å². The lowest BCUT2D eigenvalue weighted by molar-refractivity contribution is -0.116. The van der Waals surface area contributed by atoms with E-state index in [1.54, 1.807) is 12.3 Å². The number of Topliss-reactive ketones (excluding diaryl/α,β-unsaturated/α-hetero) is 1. The Morgan fingerprint density at radius 1 is 1.07 bits per heavy atom. The van der Waals surface area contributed by atoms with Crippen molar-refractivity contribution in [1.29, 1.82) is 0 Å². The number of pyridine rings is 1. The van der Waals surface area contributed by atoms with Gasteiger partial charge in [-0.3, -0.25) is 9.59 Å². The zero-order valence-corrected chi connectivity index (χ0v) is 17.2. The molecule has 0 radical (unpaired) electrons. The standard InChI is InChI=1S/C23H29N3O3/c1-17(2)15-18-3-5-19(6-4-18)21(27)8-10-23(28)25-22-9-7-20(16-24-22)26-11-13-29-14-12-26/h3-7,9,16-17H,8,10-15H2,1-2H3,(H,24,25,28). The molecule has 1 amide bonds. The number of hydrogen-bond donors (Lipinski definition) is 1. The van der Waals surface area contributed by atoms with E-state index < -0.39 is 0 Å². The Labute approximate surface area is 172 Å². The molecule has 1 N–H and O–H groups in total. The largest absolute Gasteiger partial charge is 0.378 e. The van der Waals surface area contributed by atoms with Gasteiger partial charge in [-0.25, -0.2) is 4.98 Å². The van der Waals surface area contributed by atoms with Crippen LogP contribution in [0.1, 0.15) is 42.6 Å².